The summed E-state index contributed by atoms with van der Waals surface area (Å²) in [6.07, 6.45) is -0.476. The average Bonchev–Trinajstić information content (AvgIpc) is 2.77. The number of amides is 2. The van der Waals surface area contributed by atoms with Crippen molar-refractivity contribution in [1.82, 2.24) is 15.1 Å². The van der Waals surface area contributed by atoms with Gasteiger partial charge in [0.25, 0.3) is 5.91 Å². The standard InChI is InChI=1S/C23H29N3O3/c1-19(29-18-21-10-6-3-7-11-21)23(28)26-14-12-25(13-15-26)17-22(27)24-16-20-8-4-2-5-9-20/h2-11,19H,12-18H2,1H3,(H,24,27). The highest BCUT2D eigenvalue weighted by molar-refractivity contribution is 5.81. The van der Waals surface area contributed by atoms with Crippen LogP contribution >= 0.6 is 0 Å². The first kappa shape index (κ1) is 21.0. The summed E-state index contributed by atoms with van der Waals surface area (Å²) in [7, 11) is 0. The van der Waals surface area contributed by atoms with Gasteiger partial charge >= 0.3 is 0 Å². The number of piperazine rings is 1. The van der Waals surface area contributed by atoms with E-state index < -0.39 is 6.10 Å². The van der Waals surface area contributed by atoms with Gasteiger partial charge in [0.15, 0.2) is 0 Å². The van der Waals surface area contributed by atoms with Crippen LogP contribution in [-0.2, 0) is 27.5 Å². The number of nitrogens with one attached hydrogen (secondary N) is 1. The number of hydrogen-bond acceptors (Lipinski definition) is 4. The van der Waals surface area contributed by atoms with Crippen LogP contribution in [0.2, 0.25) is 0 Å². The summed E-state index contributed by atoms with van der Waals surface area (Å²) in [5, 5.41) is 2.95. The van der Waals surface area contributed by atoms with E-state index in [1.165, 1.54) is 0 Å². The van der Waals surface area contributed by atoms with E-state index in [0.29, 0.717) is 45.9 Å². The van der Waals surface area contributed by atoms with E-state index in [2.05, 4.69) is 10.2 Å². The number of hydrogen-bond donors (Lipinski definition) is 1. The molecule has 0 saturated carbocycles. The second-order valence-electron chi connectivity index (χ2n) is 7.30. The topological polar surface area (TPSA) is 61.9 Å². The summed E-state index contributed by atoms with van der Waals surface area (Å²) < 4.78 is 5.74. The van der Waals surface area contributed by atoms with Crippen LogP contribution in [0.3, 0.4) is 0 Å². The summed E-state index contributed by atoms with van der Waals surface area (Å²) in [6.45, 7) is 5.73. The van der Waals surface area contributed by atoms with Crippen molar-refractivity contribution >= 4 is 11.8 Å². The van der Waals surface area contributed by atoms with E-state index in [0.717, 1.165) is 11.1 Å². The third kappa shape index (κ3) is 6.69. The van der Waals surface area contributed by atoms with Gasteiger partial charge in [-0.25, -0.2) is 0 Å². The molecular weight excluding hydrogens is 366 g/mol. The summed E-state index contributed by atoms with van der Waals surface area (Å²) in [4.78, 5) is 28.7. The van der Waals surface area contributed by atoms with Crippen LogP contribution in [0.4, 0.5) is 0 Å². The number of ether oxygens (including phenoxy) is 1. The SMILES string of the molecule is CC(OCc1ccccc1)C(=O)N1CCN(CC(=O)NCc2ccccc2)CC1. The van der Waals surface area contributed by atoms with Crippen LogP contribution in [0, 0.1) is 0 Å². The van der Waals surface area contributed by atoms with Crippen molar-refractivity contribution in [2.45, 2.75) is 26.2 Å². The maximum atomic E-state index is 12.6. The summed E-state index contributed by atoms with van der Waals surface area (Å²) in [5.41, 5.74) is 2.14. The molecule has 1 aliphatic rings. The molecule has 1 atom stereocenters. The van der Waals surface area contributed by atoms with Gasteiger partial charge in [0, 0.05) is 32.7 Å². The zero-order valence-corrected chi connectivity index (χ0v) is 16.9. The normalized spacial score (nSPS) is 15.7. The number of carbonyl (C=O) groups is 2. The monoisotopic (exact) mass is 395 g/mol. The number of nitrogens with zero attached hydrogens (tertiary/aromatic N) is 2. The van der Waals surface area contributed by atoms with Gasteiger partial charge in [0.05, 0.1) is 13.2 Å². The number of carbonyl (C=O) groups excluding carboxylic acids is 2. The molecule has 1 N–H and O–H groups in total. The third-order valence-corrected chi connectivity index (χ3v) is 5.07. The fraction of sp³-hybridized carbons (Fsp3) is 0.391. The second kappa shape index (κ2) is 10.7. The fourth-order valence-corrected chi connectivity index (χ4v) is 3.31. The first-order valence-electron chi connectivity index (χ1n) is 10.1. The van der Waals surface area contributed by atoms with Gasteiger partial charge in [-0.2, -0.15) is 0 Å². The van der Waals surface area contributed by atoms with Crippen LogP contribution in [0.15, 0.2) is 60.7 Å². The molecule has 0 radical (unpaired) electrons. The van der Waals surface area contributed by atoms with Gasteiger partial charge in [0.2, 0.25) is 5.91 Å². The lowest BCUT2D eigenvalue weighted by atomic mass is 10.2. The highest BCUT2D eigenvalue weighted by Crippen LogP contribution is 2.09. The smallest absolute Gasteiger partial charge is 0.251 e. The molecule has 0 bridgehead atoms. The Labute approximate surface area is 172 Å². The van der Waals surface area contributed by atoms with E-state index in [-0.39, 0.29) is 11.8 Å². The Hall–Kier alpha value is -2.70. The lowest BCUT2D eigenvalue weighted by Crippen LogP contribution is -2.53. The molecule has 3 rings (SSSR count). The molecule has 2 aromatic rings. The van der Waals surface area contributed by atoms with Crippen molar-refractivity contribution in [3.8, 4) is 0 Å². The van der Waals surface area contributed by atoms with E-state index in [1.807, 2.05) is 65.6 Å². The van der Waals surface area contributed by atoms with E-state index >= 15 is 0 Å². The molecule has 1 unspecified atom stereocenters. The summed E-state index contributed by atoms with van der Waals surface area (Å²) in [5.74, 6) is 0.0160. The van der Waals surface area contributed by atoms with Gasteiger partial charge in [-0.15, -0.1) is 0 Å². The van der Waals surface area contributed by atoms with E-state index in [9.17, 15) is 9.59 Å². The van der Waals surface area contributed by atoms with Crippen molar-refractivity contribution in [3.63, 3.8) is 0 Å². The van der Waals surface area contributed by atoms with Crippen molar-refractivity contribution < 1.29 is 14.3 Å². The Morgan fingerprint density at radius 2 is 1.52 bits per heavy atom. The van der Waals surface area contributed by atoms with Gasteiger partial charge in [-0.1, -0.05) is 60.7 Å². The minimum Gasteiger partial charge on any atom is -0.364 e. The molecule has 2 amide bonds. The molecule has 154 valence electrons. The molecule has 6 nitrogen and oxygen atoms in total. The Morgan fingerprint density at radius 3 is 2.14 bits per heavy atom. The molecule has 1 fully saturated rings. The lowest BCUT2D eigenvalue weighted by Gasteiger charge is -2.35. The predicted octanol–water partition coefficient (Wildman–Crippen LogP) is 2.05. The largest absolute Gasteiger partial charge is 0.364 e. The average molecular weight is 396 g/mol. The minimum atomic E-state index is -0.476. The number of benzene rings is 2. The molecule has 29 heavy (non-hydrogen) atoms. The maximum Gasteiger partial charge on any atom is 0.251 e. The molecule has 0 aliphatic carbocycles. The second-order valence-corrected chi connectivity index (χ2v) is 7.30. The molecule has 1 aliphatic heterocycles. The van der Waals surface area contributed by atoms with Crippen LogP contribution < -0.4 is 5.32 Å². The van der Waals surface area contributed by atoms with Crippen LogP contribution in [0.1, 0.15) is 18.1 Å². The first-order valence-corrected chi connectivity index (χ1v) is 10.1. The third-order valence-electron chi connectivity index (χ3n) is 5.07. The molecule has 0 spiro atoms. The van der Waals surface area contributed by atoms with Crippen molar-refractivity contribution in [1.29, 1.82) is 0 Å². The van der Waals surface area contributed by atoms with Crippen molar-refractivity contribution in [3.05, 3.63) is 71.8 Å². The van der Waals surface area contributed by atoms with Gasteiger partial charge in [0.1, 0.15) is 6.10 Å². The fourth-order valence-electron chi connectivity index (χ4n) is 3.31. The quantitative estimate of drug-likeness (QED) is 0.743. The zero-order chi connectivity index (χ0) is 20.5. The molecule has 6 heteroatoms. The highest BCUT2D eigenvalue weighted by atomic mass is 16.5. The van der Waals surface area contributed by atoms with Gasteiger partial charge in [-0.3, -0.25) is 14.5 Å². The molecule has 0 aromatic heterocycles. The summed E-state index contributed by atoms with van der Waals surface area (Å²) in [6, 6.07) is 19.7. The van der Waals surface area contributed by atoms with E-state index in [4.69, 9.17) is 4.74 Å². The minimum absolute atomic E-state index is 0.00759. The van der Waals surface area contributed by atoms with Crippen LogP contribution in [-0.4, -0.2) is 60.4 Å². The molecule has 1 saturated heterocycles. The molecule has 2 aromatic carbocycles. The Kier molecular flexibility index (Phi) is 7.78. The predicted molar refractivity (Wildman–Crippen MR) is 112 cm³/mol. The summed E-state index contributed by atoms with van der Waals surface area (Å²) >= 11 is 0. The molecule has 1 heterocycles. The van der Waals surface area contributed by atoms with Gasteiger partial charge in [-0.05, 0) is 18.1 Å². The zero-order valence-electron chi connectivity index (χ0n) is 16.9. The van der Waals surface area contributed by atoms with Gasteiger partial charge < -0.3 is 15.0 Å². The highest BCUT2D eigenvalue weighted by Gasteiger charge is 2.26. The van der Waals surface area contributed by atoms with Crippen molar-refractivity contribution in [2.24, 2.45) is 0 Å². The van der Waals surface area contributed by atoms with Crippen molar-refractivity contribution in [2.75, 3.05) is 32.7 Å². The first-order chi connectivity index (χ1) is 14.1. The Balaban J connectivity index is 1.35. The maximum absolute atomic E-state index is 12.6. The number of rotatable bonds is 8. The van der Waals surface area contributed by atoms with Crippen LogP contribution in [0.5, 0.6) is 0 Å². The molecular formula is C23H29N3O3. The van der Waals surface area contributed by atoms with Crippen LogP contribution in [0.25, 0.3) is 0 Å². The lowest BCUT2D eigenvalue weighted by molar-refractivity contribution is -0.145. The van der Waals surface area contributed by atoms with E-state index in [1.54, 1.807) is 6.92 Å². The Morgan fingerprint density at radius 1 is 0.931 bits per heavy atom. The Bertz CT molecular complexity index is 774.